The number of fused-ring (bicyclic) bond motifs is 1. The quantitative estimate of drug-likeness (QED) is 0.805. The van der Waals surface area contributed by atoms with Crippen molar-refractivity contribution in [3.05, 3.63) is 23.5 Å². The van der Waals surface area contributed by atoms with Gasteiger partial charge in [0.1, 0.15) is 0 Å². The highest BCUT2D eigenvalue weighted by molar-refractivity contribution is 5.94. The van der Waals surface area contributed by atoms with Gasteiger partial charge < -0.3 is 24.5 Å². The van der Waals surface area contributed by atoms with Crippen molar-refractivity contribution in [1.29, 1.82) is 0 Å². The smallest absolute Gasteiger partial charge is 0.252 e. The molecule has 1 amide bonds. The molecule has 1 fully saturated rings. The molecule has 2 N–H and O–H groups in total. The van der Waals surface area contributed by atoms with E-state index in [1.807, 2.05) is 26.2 Å². The first-order chi connectivity index (χ1) is 11.1. The first-order valence-corrected chi connectivity index (χ1v) is 8.02. The summed E-state index contributed by atoms with van der Waals surface area (Å²) in [6.45, 7) is 5.38. The molecule has 0 spiro atoms. The second-order valence-electron chi connectivity index (χ2n) is 6.51. The van der Waals surface area contributed by atoms with Crippen molar-refractivity contribution in [2.24, 2.45) is 0 Å². The number of aliphatic hydroxyl groups is 1. The molecule has 2 atom stereocenters. The summed E-state index contributed by atoms with van der Waals surface area (Å²) in [6, 6.07) is 2.07. The van der Waals surface area contributed by atoms with Crippen molar-refractivity contribution in [1.82, 2.24) is 14.8 Å². The molecule has 23 heavy (non-hydrogen) atoms. The van der Waals surface area contributed by atoms with Gasteiger partial charge >= 0.3 is 0 Å². The van der Waals surface area contributed by atoms with E-state index in [4.69, 9.17) is 9.47 Å². The Bertz CT molecular complexity index is 550. The van der Waals surface area contributed by atoms with Gasteiger partial charge in [0.25, 0.3) is 5.91 Å². The minimum atomic E-state index is -0.574. The Morgan fingerprint density at radius 2 is 2.35 bits per heavy atom. The van der Waals surface area contributed by atoms with Crippen LogP contribution in [0.1, 0.15) is 23.0 Å². The zero-order valence-electron chi connectivity index (χ0n) is 13.7. The SMILES string of the molecule is C[C@@H]1COC[C@@](CO)(CNC(=O)c2cc3n(c2)CCOC3)N1C. The highest BCUT2D eigenvalue weighted by atomic mass is 16.5. The van der Waals surface area contributed by atoms with E-state index in [0.29, 0.717) is 38.5 Å². The predicted molar refractivity (Wildman–Crippen MR) is 84.3 cm³/mol. The van der Waals surface area contributed by atoms with Crippen LogP contribution >= 0.6 is 0 Å². The van der Waals surface area contributed by atoms with Crippen molar-refractivity contribution in [3.8, 4) is 0 Å². The number of likely N-dealkylation sites (N-methyl/N-ethyl adjacent to an activating group) is 1. The van der Waals surface area contributed by atoms with Crippen molar-refractivity contribution in [2.45, 2.75) is 31.7 Å². The van der Waals surface area contributed by atoms with Crippen LogP contribution < -0.4 is 5.32 Å². The Labute approximate surface area is 136 Å². The van der Waals surface area contributed by atoms with E-state index in [1.54, 1.807) is 0 Å². The lowest BCUT2D eigenvalue weighted by Gasteiger charge is -2.47. The van der Waals surface area contributed by atoms with E-state index >= 15 is 0 Å². The topological polar surface area (TPSA) is 76.0 Å². The molecular formula is C16H25N3O4. The number of nitrogens with one attached hydrogen (secondary N) is 1. The monoisotopic (exact) mass is 323 g/mol. The van der Waals surface area contributed by atoms with Gasteiger partial charge in [-0.15, -0.1) is 0 Å². The average Bonchev–Trinajstić information content (AvgIpc) is 3.00. The average molecular weight is 323 g/mol. The molecule has 3 rings (SSSR count). The lowest BCUT2D eigenvalue weighted by Crippen LogP contribution is -2.65. The van der Waals surface area contributed by atoms with Crippen LogP contribution in [0.25, 0.3) is 0 Å². The van der Waals surface area contributed by atoms with Crippen molar-refractivity contribution >= 4 is 5.91 Å². The summed E-state index contributed by atoms with van der Waals surface area (Å²) in [6.07, 6.45) is 1.86. The molecule has 2 aliphatic rings. The number of carbonyl (C=O) groups is 1. The van der Waals surface area contributed by atoms with Crippen molar-refractivity contribution < 1.29 is 19.4 Å². The number of aliphatic hydroxyl groups excluding tert-OH is 1. The van der Waals surface area contributed by atoms with Gasteiger partial charge in [0.2, 0.25) is 0 Å². The van der Waals surface area contributed by atoms with E-state index in [-0.39, 0.29) is 18.6 Å². The van der Waals surface area contributed by atoms with Crippen molar-refractivity contribution in [3.63, 3.8) is 0 Å². The standard InChI is InChI=1S/C16H25N3O4/c1-12-7-23-11-16(10-20,18(12)2)9-17-15(21)13-5-14-8-22-4-3-19(14)6-13/h5-6,12,20H,3-4,7-11H2,1-2H3,(H,17,21)/t12-,16+/m1/s1. The molecule has 1 aromatic rings. The van der Waals surface area contributed by atoms with Crippen LogP contribution in [0.15, 0.2) is 12.3 Å². The Kier molecular flexibility index (Phi) is 4.72. The molecule has 0 aliphatic carbocycles. The molecular weight excluding hydrogens is 298 g/mol. The highest BCUT2D eigenvalue weighted by Crippen LogP contribution is 2.22. The molecule has 2 aliphatic heterocycles. The van der Waals surface area contributed by atoms with Gasteiger partial charge in [0.05, 0.1) is 44.1 Å². The zero-order chi connectivity index (χ0) is 16.4. The lowest BCUT2D eigenvalue weighted by atomic mass is 9.96. The van der Waals surface area contributed by atoms with Crippen molar-refractivity contribution in [2.75, 3.05) is 40.0 Å². The molecule has 0 aromatic carbocycles. The minimum Gasteiger partial charge on any atom is -0.394 e. The van der Waals surface area contributed by atoms with Gasteiger partial charge in [-0.05, 0) is 20.0 Å². The fourth-order valence-corrected chi connectivity index (χ4v) is 3.18. The van der Waals surface area contributed by atoms with E-state index in [1.165, 1.54) is 0 Å². The van der Waals surface area contributed by atoms with E-state index in [2.05, 4.69) is 14.8 Å². The maximum absolute atomic E-state index is 12.4. The summed E-state index contributed by atoms with van der Waals surface area (Å²) in [5.74, 6) is -0.133. The van der Waals surface area contributed by atoms with Crippen LogP contribution in [0.4, 0.5) is 0 Å². The summed E-state index contributed by atoms with van der Waals surface area (Å²) >= 11 is 0. The summed E-state index contributed by atoms with van der Waals surface area (Å²) in [4.78, 5) is 14.5. The predicted octanol–water partition coefficient (Wildman–Crippen LogP) is -0.170. The molecule has 0 bridgehead atoms. The van der Waals surface area contributed by atoms with E-state index in [9.17, 15) is 9.90 Å². The van der Waals surface area contributed by atoms with Gasteiger partial charge in [-0.2, -0.15) is 0 Å². The second-order valence-corrected chi connectivity index (χ2v) is 6.51. The molecule has 0 radical (unpaired) electrons. The number of nitrogens with zero attached hydrogens (tertiary/aromatic N) is 2. The van der Waals surface area contributed by atoms with Crippen LogP contribution in [0, 0.1) is 0 Å². The van der Waals surface area contributed by atoms with Gasteiger partial charge in [0, 0.05) is 31.0 Å². The van der Waals surface area contributed by atoms with Crippen LogP contribution in [-0.2, 0) is 22.6 Å². The van der Waals surface area contributed by atoms with E-state index < -0.39 is 5.54 Å². The van der Waals surface area contributed by atoms with Crippen LogP contribution in [0.3, 0.4) is 0 Å². The third kappa shape index (κ3) is 3.14. The lowest BCUT2D eigenvalue weighted by molar-refractivity contribution is -0.105. The molecule has 0 unspecified atom stereocenters. The highest BCUT2D eigenvalue weighted by Gasteiger charge is 2.40. The zero-order valence-corrected chi connectivity index (χ0v) is 13.7. The Morgan fingerprint density at radius 3 is 3.09 bits per heavy atom. The van der Waals surface area contributed by atoms with Crippen LogP contribution in [0.5, 0.6) is 0 Å². The number of hydrogen-bond donors (Lipinski definition) is 2. The summed E-state index contributed by atoms with van der Waals surface area (Å²) in [7, 11) is 1.96. The summed E-state index contributed by atoms with van der Waals surface area (Å²) < 4.78 is 13.0. The Balaban J connectivity index is 1.66. The summed E-state index contributed by atoms with van der Waals surface area (Å²) in [5.41, 5.74) is 1.08. The fraction of sp³-hybridized carbons (Fsp3) is 0.688. The first kappa shape index (κ1) is 16.4. The van der Waals surface area contributed by atoms with E-state index in [0.717, 1.165) is 12.2 Å². The number of morpholine rings is 1. The molecule has 1 saturated heterocycles. The Hall–Kier alpha value is -1.41. The number of hydrogen-bond acceptors (Lipinski definition) is 5. The van der Waals surface area contributed by atoms with Gasteiger partial charge in [0.15, 0.2) is 0 Å². The van der Waals surface area contributed by atoms with Gasteiger partial charge in [-0.1, -0.05) is 0 Å². The number of rotatable bonds is 4. The number of carbonyl (C=O) groups excluding carboxylic acids is 1. The normalized spacial score (nSPS) is 28.4. The summed E-state index contributed by atoms with van der Waals surface area (Å²) in [5, 5.41) is 12.8. The third-order valence-corrected chi connectivity index (χ3v) is 4.99. The maximum atomic E-state index is 12.4. The fourth-order valence-electron chi connectivity index (χ4n) is 3.18. The Morgan fingerprint density at radius 1 is 1.52 bits per heavy atom. The van der Waals surface area contributed by atoms with Crippen LogP contribution in [0.2, 0.25) is 0 Å². The maximum Gasteiger partial charge on any atom is 0.252 e. The molecule has 7 heteroatoms. The molecule has 7 nitrogen and oxygen atoms in total. The molecule has 3 heterocycles. The number of ether oxygens (including phenoxy) is 2. The molecule has 0 saturated carbocycles. The second kappa shape index (κ2) is 6.60. The number of aromatic nitrogens is 1. The van der Waals surface area contributed by atoms with Gasteiger partial charge in [-0.3, -0.25) is 9.69 Å². The molecule has 128 valence electrons. The minimum absolute atomic E-state index is 0.0613. The van der Waals surface area contributed by atoms with Crippen LogP contribution in [-0.4, -0.2) is 72.1 Å². The first-order valence-electron chi connectivity index (χ1n) is 8.02. The van der Waals surface area contributed by atoms with Gasteiger partial charge in [-0.25, -0.2) is 0 Å². The largest absolute Gasteiger partial charge is 0.394 e. The number of amides is 1. The third-order valence-electron chi connectivity index (χ3n) is 4.99. The molecule has 1 aromatic heterocycles.